The van der Waals surface area contributed by atoms with E-state index < -0.39 is 0 Å². The molecule has 2 aromatic heterocycles. The zero-order valence-electron chi connectivity index (χ0n) is 14.7. The van der Waals surface area contributed by atoms with Crippen molar-refractivity contribution in [3.63, 3.8) is 0 Å². The van der Waals surface area contributed by atoms with Crippen LogP contribution in [-0.2, 0) is 9.47 Å². The van der Waals surface area contributed by atoms with E-state index in [1.807, 2.05) is 19.3 Å². The summed E-state index contributed by atoms with van der Waals surface area (Å²) in [7, 11) is 3.48. The Kier molecular flexibility index (Phi) is 4.15. The van der Waals surface area contributed by atoms with E-state index in [0.717, 1.165) is 46.5 Å². The molecule has 0 saturated carbocycles. The molecule has 1 N–H and O–H groups in total. The smallest absolute Gasteiger partial charge is 0.102 e. The lowest BCUT2D eigenvalue weighted by Gasteiger charge is -2.20. The number of rotatable bonds is 4. The summed E-state index contributed by atoms with van der Waals surface area (Å²) in [5, 5.41) is 8.27. The topological polar surface area (TPSA) is 63.3 Å². The van der Waals surface area contributed by atoms with Gasteiger partial charge in [0.15, 0.2) is 0 Å². The number of aromatic amines is 1. The predicted octanol–water partition coefficient (Wildman–Crippen LogP) is 2.78. The molecule has 1 fully saturated rings. The van der Waals surface area contributed by atoms with Gasteiger partial charge in [-0.1, -0.05) is 6.07 Å². The molecule has 1 aliphatic heterocycles. The molecule has 1 aliphatic rings. The van der Waals surface area contributed by atoms with Crippen molar-refractivity contribution < 1.29 is 9.47 Å². The van der Waals surface area contributed by atoms with Crippen LogP contribution in [0.1, 0.15) is 5.69 Å². The number of hydrogen-bond donors (Lipinski definition) is 1. The quantitative estimate of drug-likeness (QED) is 0.792. The second-order valence-electron chi connectivity index (χ2n) is 6.42. The normalized spacial score (nSPS) is 20.5. The molecule has 2 atom stereocenters. The number of nitrogens with one attached hydrogen (secondary N) is 1. The minimum absolute atomic E-state index is 0.0764. The number of hydrogen-bond acceptors (Lipinski definition) is 5. The molecular weight excluding hydrogens is 316 g/mol. The van der Waals surface area contributed by atoms with Gasteiger partial charge >= 0.3 is 0 Å². The molecule has 0 aliphatic carbocycles. The number of nitrogens with zero attached hydrogens (tertiary/aromatic N) is 3. The third kappa shape index (κ3) is 2.77. The van der Waals surface area contributed by atoms with Crippen molar-refractivity contribution in [2.45, 2.75) is 19.1 Å². The Morgan fingerprint density at radius 3 is 2.52 bits per heavy atom. The third-order valence-electron chi connectivity index (χ3n) is 5.02. The van der Waals surface area contributed by atoms with Crippen LogP contribution in [-0.4, -0.2) is 54.7 Å². The average Bonchev–Trinajstić information content (AvgIpc) is 3.26. The van der Waals surface area contributed by atoms with Crippen molar-refractivity contribution in [3.8, 4) is 11.1 Å². The second kappa shape index (κ2) is 6.46. The molecule has 1 aromatic carbocycles. The maximum absolute atomic E-state index is 5.58. The average molecular weight is 338 g/mol. The first-order chi connectivity index (χ1) is 12.2. The summed E-state index contributed by atoms with van der Waals surface area (Å²) < 4.78 is 11.2. The van der Waals surface area contributed by atoms with Crippen molar-refractivity contribution in [2.75, 3.05) is 32.2 Å². The molecule has 0 spiro atoms. The zero-order chi connectivity index (χ0) is 17.4. The van der Waals surface area contributed by atoms with Crippen LogP contribution >= 0.6 is 0 Å². The molecule has 0 amide bonds. The molecule has 3 aromatic rings. The number of aryl methyl sites for hydroxylation is 1. The first-order valence-corrected chi connectivity index (χ1v) is 8.41. The minimum Gasteiger partial charge on any atom is -0.377 e. The van der Waals surface area contributed by atoms with E-state index in [1.165, 1.54) is 0 Å². The second-order valence-corrected chi connectivity index (χ2v) is 6.42. The Balaban J connectivity index is 1.78. The highest BCUT2D eigenvalue weighted by Gasteiger charge is 2.33. The molecule has 25 heavy (non-hydrogen) atoms. The van der Waals surface area contributed by atoms with E-state index in [1.54, 1.807) is 14.2 Å². The van der Waals surface area contributed by atoms with Gasteiger partial charge < -0.3 is 14.4 Å². The minimum atomic E-state index is 0.0764. The van der Waals surface area contributed by atoms with Gasteiger partial charge in [0.25, 0.3) is 0 Å². The van der Waals surface area contributed by atoms with Gasteiger partial charge in [0.1, 0.15) is 12.2 Å². The van der Waals surface area contributed by atoms with Gasteiger partial charge in [-0.2, -0.15) is 5.10 Å². The van der Waals surface area contributed by atoms with Crippen LogP contribution in [0.5, 0.6) is 0 Å². The molecule has 0 bridgehead atoms. The van der Waals surface area contributed by atoms with Crippen LogP contribution in [0.3, 0.4) is 0 Å². The fourth-order valence-corrected chi connectivity index (χ4v) is 3.61. The summed E-state index contributed by atoms with van der Waals surface area (Å²) in [5.74, 6) is 0. The van der Waals surface area contributed by atoms with Crippen LogP contribution in [0, 0.1) is 6.92 Å². The van der Waals surface area contributed by atoms with E-state index in [4.69, 9.17) is 9.47 Å². The maximum Gasteiger partial charge on any atom is 0.102 e. The van der Waals surface area contributed by atoms with E-state index in [9.17, 15) is 0 Å². The molecule has 0 radical (unpaired) electrons. The highest BCUT2D eigenvalue weighted by molar-refractivity contribution is 5.95. The first kappa shape index (κ1) is 16.1. The standard InChI is InChI=1S/C19H22N4O2/c1-12-15(9-21-22-12)13-4-5-16-14(8-13)17(6-7-20-16)23-10-18(24-2)19(11-23)25-3/h4-9,18-19H,10-11H2,1-3H3,(H,21,22)/t18-,19-/m0/s1. The fourth-order valence-electron chi connectivity index (χ4n) is 3.61. The van der Waals surface area contributed by atoms with Crippen molar-refractivity contribution in [2.24, 2.45) is 0 Å². The number of benzene rings is 1. The van der Waals surface area contributed by atoms with Gasteiger partial charge in [-0.05, 0) is 30.7 Å². The van der Waals surface area contributed by atoms with Crippen molar-refractivity contribution in [1.29, 1.82) is 0 Å². The van der Waals surface area contributed by atoms with Gasteiger partial charge in [-0.3, -0.25) is 10.1 Å². The lowest BCUT2D eigenvalue weighted by molar-refractivity contribution is -0.00461. The van der Waals surface area contributed by atoms with Crippen LogP contribution in [0.4, 0.5) is 5.69 Å². The Morgan fingerprint density at radius 1 is 1.12 bits per heavy atom. The largest absolute Gasteiger partial charge is 0.377 e. The van der Waals surface area contributed by atoms with E-state index in [0.29, 0.717) is 0 Å². The number of ether oxygens (including phenoxy) is 2. The lowest BCUT2D eigenvalue weighted by Crippen LogP contribution is -2.27. The van der Waals surface area contributed by atoms with Gasteiger partial charge in [0.2, 0.25) is 0 Å². The lowest BCUT2D eigenvalue weighted by atomic mass is 10.0. The number of fused-ring (bicyclic) bond motifs is 1. The summed E-state index contributed by atoms with van der Waals surface area (Å²) in [5.41, 5.74) is 5.46. The Labute approximate surface area is 146 Å². The molecule has 130 valence electrons. The monoisotopic (exact) mass is 338 g/mol. The molecule has 1 saturated heterocycles. The summed E-state index contributed by atoms with van der Waals surface area (Å²) in [6.45, 7) is 3.65. The Bertz CT molecular complexity index is 880. The third-order valence-corrected chi connectivity index (χ3v) is 5.02. The number of anilines is 1. The predicted molar refractivity (Wildman–Crippen MR) is 97.9 cm³/mol. The molecule has 3 heterocycles. The molecule has 4 rings (SSSR count). The van der Waals surface area contributed by atoms with Crippen LogP contribution in [0.15, 0.2) is 36.7 Å². The maximum atomic E-state index is 5.58. The van der Waals surface area contributed by atoms with Crippen molar-refractivity contribution in [1.82, 2.24) is 15.2 Å². The molecule has 6 heteroatoms. The summed E-state index contributed by atoms with van der Waals surface area (Å²) in [6.07, 6.45) is 3.88. The highest BCUT2D eigenvalue weighted by atomic mass is 16.5. The summed E-state index contributed by atoms with van der Waals surface area (Å²) in [6, 6.07) is 8.42. The van der Waals surface area contributed by atoms with Gasteiger partial charge in [0, 0.05) is 55.8 Å². The van der Waals surface area contributed by atoms with Crippen LogP contribution < -0.4 is 4.90 Å². The number of pyridine rings is 1. The van der Waals surface area contributed by atoms with E-state index >= 15 is 0 Å². The van der Waals surface area contributed by atoms with E-state index in [2.05, 4.69) is 44.3 Å². The molecular formula is C19H22N4O2. The summed E-state index contributed by atoms with van der Waals surface area (Å²) >= 11 is 0. The van der Waals surface area contributed by atoms with Crippen molar-refractivity contribution >= 4 is 16.6 Å². The van der Waals surface area contributed by atoms with Crippen LogP contribution in [0.25, 0.3) is 22.0 Å². The van der Waals surface area contributed by atoms with Crippen molar-refractivity contribution in [3.05, 3.63) is 42.4 Å². The molecule has 0 unspecified atom stereocenters. The number of methoxy groups -OCH3 is 2. The van der Waals surface area contributed by atoms with E-state index in [-0.39, 0.29) is 12.2 Å². The number of H-pyrrole nitrogens is 1. The number of aromatic nitrogens is 3. The SMILES string of the molecule is CO[C@H]1CN(c2ccnc3ccc(-c4cn[nH]c4C)cc23)C[C@@H]1OC. The van der Waals surface area contributed by atoms with Gasteiger partial charge in [0.05, 0.1) is 11.7 Å². The van der Waals surface area contributed by atoms with Crippen LogP contribution in [0.2, 0.25) is 0 Å². The summed E-state index contributed by atoms with van der Waals surface area (Å²) in [4.78, 5) is 6.84. The fraction of sp³-hybridized carbons (Fsp3) is 0.368. The van der Waals surface area contributed by atoms with Gasteiger partial charge in [-0.25, -0.2) is 0 Å². The highest BCUT2D eigenvalue weighted by Crippen LogP contribution is 2.33. The zero-order valence-corrected chi connectivity index (χ0v) is 14.7. The molecule has 6 nitrogen and oxygen atoms in total. The first-order valence-electron chi connectivity index (χ1n) is 8.41. The Hall–Kier alpha value is -2.44. The Morgan fingerprint density at radius 2 is 1.88 bits per heavy atom. The van der Waals surface area contributed by atoms with Gasteiger partial charge in [-0.15, -0.1) is 0 Å².